The summed E-state index contributed by atoms with van der Waals surface area (Å²) >= 11 is 1.57. The summed E-state index contributed by atoms with van der Waals surface area (Å²) in [4.78, 5) is 38.2. The molecule has 2 atom stereocenters. The third kappa shape index (κ3) is 6.90. The van der Waals surface area contributed by atoms with Crippen molar-refractivity contribution in [3.05, 3.63) is 0 Å². The van der Waals surface area contributed by atoms with Crippen LogP contribution in [0.3, 0.4) is 0 Å². The van der Waals surface area contributed by atoms with E-state index >= 15 is 0 Å². The van der Waals surface area contributed by atoms with Crippen molar-refractivity contribution in [1.29, 1.82) is 0 Å². The molecule has 1 fully saturated rings. The van der Waals surface area contributed by atoms with Gasteiger partial charge in [0.1, 0.15) is 5.78 Å². The van der Waals surface area contributed by atoms with Crippen molar-refractivity contribution in [2.45, 2.75) is 73.3 Å². The number of likely N-dealkylation sites (N-methyl/N-ethyl adjacent to an activating group) is 1. The fraction of sp³-hybridized carbons (Fsp3) is 0.857. The minimum atomic E-state index is -0.258. The molecule has 0 radical (unpaired) electrons. The van der Waals surface area contributed by atoms with Crippen LogP contribution < -0.4 is 5.32 Å². The molecule has 0 aromatic rings. The van der Waals surface area contributed by atoms with Crippen molar-refractivity contribution in [3.63, 3.8) is 0 Å². The van der Waals surface area contributed by atoms with Gasteiger partial charge in [-0.3, -0.25) is 19.3 Å². The lowest BCUT2D eigenvalue weighted by Gasteiger charge is -2.38. The van der Waals surface area contributed by atoms with E-state index in [1.165, 1.54) is 4.90 Å². The predicted octanol–water partition coefficient (Wildman–Crippen LogP) is 3.51. The molecule has 1 aliphatic rings. The van der Waals surface area contributed by atoms with E-state index < -0.39 is 0 Å². The van der Waals surface area contributed by atoms with Gasteiger partial charge in [0.15, 0.2) is 0 Å². The van der Waals surface area contributed by atoms with Crippen molar-refractivity contribution in [2.75, 3.05) is 25.1 Å². The minimum Gasteiger partial charge on any atom is -0.310 e. The number of ketones is 1. The Hall–Kier alpha value is -0.880. The summed E-state index contributed by atoms with van der Waals surface area (Å²) < 4.78 is 0. The van der Waals surface area contributed by atoms with Gasteiger partial charge in [-0.15, -0.1) is 0 Å². The molecule has 0 bridgehead atoms. The number of amides is 2. The number of rotatable bonds is 12. The van der Waals surface area contributed by atoms with E-state index in [1.807, 2.05) is 0 Å². The van der Waals surface area contributed by atoms with Gasteiger partial charge in [-0.2, -0.15) is 11.8 Å². The van der Waals surface area contributed by atoms with Gasteiger partial charge in [0, 0.05) is 24.5 Å². The number of nitrogens with zero attached hydrogens (tertiary/aromatic N) is 1. The number of thioether (sulfide) groups is 1. The maximum Gasteiger partial charge on any atom is 0.233 e. The number of nitrogens with one attached hydrogen (secondary N) is 1. The largest absolute Gasteiger partial charge is 0.310 e. The molecule has 1 N–H and O–H groups in total. The standard InChI is InChI=1S/C21H38N2O3S/c1-8-21(6,9-2)13-20(4,5)14-23-18(25)10-16(19(23)26)11-27-12-17(22-7)15(3)24/h16-17,22H,8-14H2,1-7H3. The molecule has 0 saturated carbocycles. The second-order valence-corrected chi connectivity index (χ2v) is 10.1. The fourth-order valence-electron chi connectivity index (χ4n) is 3.92. The van der Waals surface area contributed by atoms with Crippen molar-refractivity contribution < 1.29 is 14.4 Å². The maximum atomic E-state index is 12.8. The fourth-order valence-corrected chi connectivity index (χ4v) is 5.24. The summed E-state index contributed by atoms with van der Waals surface area (Å²) in [6, 6.07) is -0.196. The third-order valence-corrected chi connectivity index (χ3v) is 7.19. The normalized spacial score (nSPS) is 19.7. The summed E-state index contributed by atoms with van der Waals surface area (Å²) in [7, 11) is 1.76. The number of hydrogen-bond acceptors (Lipinski definition) is 5. The highest BCUT2D eigenvalue weighted by Gasteiger charge is 2.42. The van der Waals surface area contributed by atoms with Crippen LogP contribution in [0.5, 0.6) is 0 Å². The lowest BCUT2D eigenvalue weighted by atomic mass is 9.71. The smallest absolute Gasteiger partial charge is 0.233 e. The minimum absolute atomic E-state index is 0.0425. The van der Waals surface area contributed by atoms with Crippen LogP contribution in [0.15, 0.2) is 0 Å². The molecular formula is C21H38N2O3S. The molecule has 5 nitrogen and oxygen atoms in total. The van der Waals surface area contributed by atoms with Crippen molar-refractivity contribution in [3.8, 4) is 0 Å². The Kier molecular flexibility index (Phi) is 9.00. The molecule has 0 aromatic heterocycles. The number of imide groups is 1. The summed E-state index contributed by atoms with van der Waals surface area (Å²) in [5, 5.41) is 2.99. The average molecular weight is 399 g/mol. The van der Waals surface area contributed by atoms with E-state index in [2.05, 4.69) is 39.9 Å². The van der Waals surface area contributed by atoms with Gasteiger partial charge in [0.2, 0.25) is 11.8 Å². The zero-order valence-electron chi connectivity index (χ0n) is 18.2. The first-order chi connectivity index (χ1) is 12.5. The quantitative estimate of drug-likeness (QED) is 0.510. The molecule has 0 aromatic carbocycles. The second kappa shape index (κ2) is 10.1. The van der Waals surface area contributed by atoms with Gasteiger partial charge < -0.3 is 5.32 Å². The van der Waals surface area contributed by atoms with E-state index in [0.29, 0.717) is 24.5 Å². The zero-order chi connectivity index (χ0) is 20.8. The van der Waals surface area contributed by atoms with Crippen molar-refractivity contribution >= 4 is 29.4 Å². The molecule has 2 unspecified atom stereocenters. The van der Waals surface area contributed by atoms with E-state index in [4.69, 9.17) is 0 Å². The molecule has 1 saturated heterocycles. The molecule has 27 heavy (non-hydrogen) atoms. The molecule has 1 aliphatic heterocycles. The second-order valence-electron chi connectivity index (χ2n) is 9.07. The molecule has 1 rings (SSSR count). The Morgan fingerprint density at radius 2 is 1.85 bits per heavy atom. The van der Waals surface area contributed by atoms with Crippen LogP contribution in [-0.4, -0.2) is 53.6 Å². The van der Waals surface area contributed by atoms with Gasteiger partial charge in [-0.05, 0) is 31.2 Å². The van der Waals surface area contributed by atoms with E-state index in [9.17, 15) is 14.4 Å². The third-order valence-electron chi connectivity index (χ3n) is 5.98. The lowest BCUT2D eigenvalue weighted by molar-refractivity contribution is -0.141. The zero-order valence-corrected chi connectivity index (χ0v) is 19.0. The summed E-state index contributed by atoms with van der Waals surface area (Å²) in [6.07, 6.45) is 3.48. The number of hydrogen-bond donors (Lipinski definition) is 1. The number of Topliss-reactive ketones (excluding diaryl/α,β-unsaturated/α-hetero) is 1. The van der Waals surface area contributed by atoms with Gasteiger partial charge in [-0.25, -0.2) is 0 Å². The molecule has 6 heteroatoms. The highest BCUT2D eigenvalue weighted by Crippen LogP contribution is 2.40. The Bertz CT molecular complexity index is 544. The molecule has 1 heterocycles. The molecule has 0 aliphatic carbocycles. The molecule has 156 valence electrons. The van der Waals surface area contributed by atoms with Crippen LogP contribution >= 0.6 is 11.8 Å². The molecule has 0 spiro atoms. The van der Waals surface area contributed by atoms with Crippen molar-refractivity contribution in [2.24, 2.45) is 16.7 Å². The highest BCUT2D eigenvalue weighted by molar-refractivity contribution is 7.99. The first-order valence-electron chi connectivity index (χ1n) is 10.1. The van der Waals surface area contributed by atoms with Gasteiger partial charge >= 0.3 is 0 Å². The van der Waals surface area contributed by atoms with Crippen LogP contribution in [0.25, 0.3) is 0 Å². The Balaban J connectivity index is 2.65. The van der Waals surface area contributed by atoms with Gasteiger partial charge in [0.05, 0.1) is 12.0 Å². The first-order valence-corrected chi connectivity index (χ1v) is 11.2. The van der Waals surface area contributed by atoms with E-state index in [0.717, 1.165) is 19.3 Å². The van der Waals surface area contributed by atoms with Crippen LogP contribution in [0.2, 0.25) is 0 Å². The number of carbonyl (C=O) groups is 3. The van der Waals surface area contributed by atoms with Crippen LogP contribution in [0.4, 0.5) is 0 Å². The molecular weight excluding hydrogens is 360 g/mol. The topological polar surface area (TPSA) is 66.5 Å². The number of carbonyl (C=O) groups excluding carboxylic acids is 3. The van der Waals surface area contributed by atoms with Crippen molar-refractivity contribution in [1.82, 2.24) is 10.2 Å². The molecule has 2 amide bonds. The van der Waals surface area contributed by atoms with E-state index in [-0.39, 0.29) is 40.4 Å². The Labute approximate surface area is 169 Å². The lowest BCUT2D eigenvalue weighted by Crippen LogP contribution is -2.41. The maximum absolute atomic E-state index is 12.8. The van der Waals surface area contributed by atoms with E-state index in [1.54, 1.807) is 25.7 Å². The Morgan fingerprint density at radius 1 is 1.26 bits per heavy atom. The number of likely N-dealkylation sites (tertiary alicyclic amines) is 1. The van der Waals surface area contributed by atoms with Crippen LogP contribution in [0, 0.1) is 16.7 Å². The van der Waals surface area contributed by atoms with Gasteiger partial charge in [-0.1, -0.05) is 47.5 Å². The SMILES string of the molecule is CCC(C)(CC)CC(C)(C)CN1C(=O)CC(CSCC(NC)C(C)=O)C1=O. The van der Waals surface area contributed by atoms with Crippen LogP contribution in [0.1, 0.15) is 67.2 Å². The predicted molar refractivity (Wildman–Crippen MR) is 113 cm³/mol. The summed E-state index contributed by atoms with van der Waals surface area (Å²) in [5.74, 6) is 0.961. The first kappa shape index (κ1) is 24.2. The summed E-state index contributed by atoms with van der Waals surface area (Å²) in [5.41, 5.74) is 0.138. The highest BCUT2D eigenvalue weighted by atomic mass is 32.2. The average Bonchev–Trinajstić information content (AvgIpc) is 2.85. The van der Waals surface area contributed by atoms with Crippen LogP contribution in [-0.2, 0) is 14.4 Å². The van der Waals surface area contributed by atoms with Gasteiger partial charge in [0.25, 0.3) is 0 Å². The Morgan fingerprint density at radius 3 is 2.33 bits per heavy atom. The summed E-state index contributed by atoms with van der Waals surface area (Å²) in [6.45, 7) is 13.1. The monoisotopic (exact) mass is 398 g/mol.